The second-order valence-corrected chi connectivity index (χ2v) is 13.7. The van der Waals surface area contributed by atoms with Crippen LogP contribution in [0.4, 0.5) is 0 Å². The van der Waals surface area contributed by atoms with Crippen LogP contribution in [0.15, 0.2) is 71.5 Å². The van der Waals surface area contributed by atoms with Gasteiger partial charge in [0.15, 0.2) is 0 Å². The largest absolute Gasteiger partial charge is 0.494 e. The van der Waals surface area contributed by atoms with E-state index in [9.17, 15) is 9.59 Å². The van der Waals surface area contributed by atoms with Crippen molar-refractivity contribution in [3.63, 3.8) is 0 Å². The minimum absolute atomic E-state index is 0.0813. The third kappa shape index (κ3) is 9.41. The number of hydrogen-bond acceptors (Lipinski definition) is 7. The molecule has 1 unspecified atom stereocenters. The lowest BCUT2D eigenvalue weighted by molar-refractivity contribution is -0.133. The zero-order chi connectivity index (χ0) is 34.9. The first-order valence-electron chi connectivity index (χ1n) is 17.3. The Bertz CT molecular complexity index is 1760. The normalized spacial score (nSPS) is 14.8. The minimum Gasteiger partial charge on any atom is -0.494 e. The van der Waals surface area contributed by atoms with Crippen LogP contribution in [0.5, 0.6) is 5.75 Å². The summed E-state index contributed by atoms with van der Waals surface area (Å²) in [6.07, 6.45) is 2.84. The van der Waals surface area contributed by atoms with E-state index in [-0.39, 0.29) is 17.9 Å². The smallest absolute Gasteiger partial charge is 0.266 e. The second-order valence-electron chi connectivity index (χ2n) is 12.8. The van der Waals surface area contributed by atoms with Crippen LogP contribution >= 0.6 is 23.2 Å². The number of likely N-dealkylation sites (N-methyl/N-ethyl adjacent to an activating group) is 1. The van der Waals surface area contributed by atoms with E-state index in [2.05, 4.69) is 22.0 Å². The molecule has 1 N–H and O–H groups in total. The average Bonchev–Trinajstić information content (AvgIpc) is 3.10. The highest BCUT2D eigenvalue weighted by Crippen LogP contribution is 2.29. The van der Waals surface area contributed by atoms with Crippen LogP contribution in [-0.4, -0.2) is 96.2 Å². The van der Waals surface area contributed by atoms with E-state index in [1.807, 2.05) is 74.4 Å². The molecule has 4 aromatic rings. The Balaban J connectivity index is 1.60. The Hall–Kier alpha value is -3.47. The first-order chi connectivity index (χ1) is 23.7. The van der Waals surface area contributed by atoms with E-state index in [4.69, 9.17) is 32.9 Å². The maximum absolute atomic E-state index is 14.5. The maximum Gasteiger partial charge on any atom is 0.266 e. The molecular formula is C38H48Cl2N6O3. The zero-order valence-electron chi connectivity index (χ0n) is 29.0. The van der Waals surface area contributed by atoms with Gasteiger partial charge in [-0.15, -0.1) is 0 Å². The molecule has 49 heavy (non-hydrogen) atoms. The number of nitrogens with zero attached hydrogens (tertiary/aromatic N) is 5. The van der Waals surface area contributed by atoms with Gasteiger partial charge in [-0.2, -0.15) is 0 Å². The van der Waals surface area contributed by atoms with Gasteiger partial charge in [0.2, 0.25) is 5.91 Å². The standard InChI is InChI=1S/C38H48Cl2N6O3/c1-5-44-21-18-28(19-22-44)41-20-17-35(45(24-23-43(3)4)36(47)26-27-11-16-32(39)33(40)25-27)37-42-34-10-8-7-9-31(34)38(48)46(37)29-12-14-30(15-13-29)49-6-2/h7-16,25,28,35,41H,5-6,17-24,26H2,1-4H3. The van der Waals surface area contributed by atoms with Crippen LogP contribution in [0, 0.1) is 0 Å². The molecule has 1 saturated heterocycles. The summed E-state index contributed by atoms with van der Waals surface area (Å²) in [7, 11) is 3.98. The van der Waals surface area contributed by atoms with Gasteiger partial charge >= 0.3 is 0 Å². The molecule has 262 valence electrons. The van der Waals surface area contributed by atoms with Crippen molar-refractivity contribution in [3.05, 3.63) is 98.5 Å². The lowest BCUT2D eigenvalue weighted by Crippen LogP contribution is -2.45. The first kappa shape index (κ1) is 36.8. The van der Waals surface area contributed by atoms with Crippen LogP contribution in [0.3, 0.4) is 0 Å². The number of halogens is 2. The Kier molecular flexibility index (Phi) is 13.1. The Morgan fingerprint density at radius 2 is 1.73 bits per heavy atom. The van der Waals surface area contributed by atoms with Crippen LogP contribution < -0.4 is 15.6 Å². The monoisotopic (exact) mass is 706 g/mol. The van der Waals surface area contributed by atoms with Gasteiger partial charge in [0.05, 0.1) is 45.7 Å². The molecular weight excluding hydrogens is 659 g/mol. The van der Waals surface area contributed by atoms with Gasteiger partial charge in [-0.1, -0.05) is 48.3 Å². The first-order valence-corrected chi connectivity index (χ1v) is 18.0. The second kappa shape index (κ2) is 17.5. The van der Waals surface area contributed by atoms with Gasteiger partial charge < -0.3 is 24.8 Å². The number of amides is 1. The molecule has 1 amide bonds. The molecule has 0 spiro atoms. The highest BCUT2D eigenvalue weighted by atomic mass is 35.5. The highest BCUT2D eigenvalue weighted by molar-refractivity contribution is 6.42. The van der Waals surface area contributed by atoms with Gasteiger partial charge in [-0.25, -0.2) is 4.98 Å². The molecule has 3 aromatic carbocycles. The van der Waals surface area contributed by atoms with Crippen molar-refractivity contribution in [3.8, 4) is 11.4 Å². The average molecular weight is 708 g/mol. The number of aromatic nitrogens is 2. The fourth-order valence-corrected chi connectivity index (χ4v) is 6.79. The quantitative estimate of drug-likeness (QED) is 0.157. The molecule has 1 fully saturated rings. The number of piperidine rings is 1. The number of ether oxygens (including phenoxy) is 1. The van der Waals surface area contributed by atoms with Gasteiger partial charge in [0, 0.05) is 19.1 Å². The molecule has 1 aliphatic rings. The number of para-hydroxylation sites is 1. The Morgan fingerprint density at radius 3 is 2.41 bits per heavy atom. The molecule has 2 heterocycles. The van der Waals surface area contributed by atoms with E-state index in [0.29, 0.717) is 76.9 Å². The third-order valence-electron chi connectivity index (χ3n) is 9.22. The van der Waals surface area contributed by atoms with E-state index in [1.54, 1.807) is 22.8 Å². The van der Waals surface area contributed by atoms with Gasteiger partial charge in [0.25, 0.3) is 5.56 Å². The van der Waals surface area contributed by atoms with Crippen molar-refractivity contribution in [2.75, 3.05) is 60.0 Å². The fourth-order valence-electron chi connectivity index (χ4n) is 6.47. The number of likely N-dealkylation sites (tertiary alicyclic amines) is 1. The Labute approximate surface area is 299 Å². The Morgan fingerprint density at radius 1 is 1.00 bits per heavy atom. The summed E-state index contributed by atoms with van der Waals surface area (Å²) < 4.78 is 7.38. The van der Waals surface area contributed by atoms with Gasteiger partial charge in [0.1, 0.15) is 11.6 Å². The van der Waals surface area contributed by atoms with Crippen molar-refractivity contribution >= 4 is 40.0 Å². The SMILES string of the molecule is CCOc1ccc(-n2c(C(CCNC3CCN(CC)CC3)N(CCN(C)C)C(=O)Cc3ccc(Cl)c(Cl)c3)nc3ccccc3c2=O)cc1. The minimum atomic E-state index is -0.512. The summed E-state index contributed by atoms with van der Waals surface area (Å²) in [5.41, 5.74) is 1.85. The van der Waals surface area contributed by atoms with Crippen LogP contribution in [-0.2, 0) is 11.2 Å². The van der Waals surface area contributed by atoms with Crippen molar-refractivity contribution in [1.29, 1.82) is 0 Å². The van der Waals surface area contributed by atoms with Gasteiger partial charge in [-0.3, -0.25) is 14.2 Å². The van der Waals surface area contributed by atoms with Gasteiger partial charge in [-0.05, 0) is 121 Å². The molecule has 1 aromatic heterocycles. The van der Waals surface area contributed by atoms with Crippen molar-refractivity contribution in [2.24, 2.45) is 0 Å². The summed E-state index contributed by atoms with van der Waals surface area (Å²) in [6, 6.07) is 20.1. The van der Waals surface area contributed by atoms with E-state index >= 15 is 0 Å². The van der Waals surface area contributed by atoms with Crippen LogP contribution in [0.2, 0.25) is 10.0 Å². The van der Waals surface area contributed by atoms with E-state index in [0.717, 1.165) is 38.0 Å². The number of hydrogen-bond donors (Lipinski definition) is 1. The molecule has 11 heteroatoms. The number of nitrogens with one attached hydrogen (secondary N) is 1. The van der Waals surface area contributed by atoms with Crippen molar-refractivity contribution in [1.82, 2.24) is 29.6 Å². The van der Waals surface area contributed by atoms with Crippen LogP contribution in [0.25, 0.3) is 16.6 Å². The third-order valence-corrected chi connectivity index (χ3v) is 9.95. The molecule has 0 bridgehead atoms. The number of carbonyl (C=O) groups is 1. The summed E-state index contributed by atoms with van der Waals surface area (Å²) in [6.45, 7) is 9.61. The number of benzene rings is 3. The van der Waals surface area contributed by atoms with Crippen molar-refractivity contribution in [2.45, 2.75) is 51.6 Å². The van der Waals surface area contributed by atoms with E-state index < -0.39 is 6.04 Å². The number of carbonyl (C=O) groups excluding carboxylic acids is 1. The lowest BCUT2D eigenvalue weighted by atomic mass is 10.0. The molecule has 1 aliphatic heterocycles. The van der Waals surface area contributed by atoms with Crippen molar-refractivity contribution < 1.29 is 9.53 Å². The summed E-state index contributed by atoms with van der Waals surface area (Å²) in [5.74, 6) is 1.16. The van der Waals surface area contributed by atoms with E-state index in [1.165, 1.54) is 0 Å². The number of rotatable bonds is 15. The summed E-state index contributed by atoms with van der Waals surface area (Å²) >= 11 is 12.6. The molecule has 0 aliphatic carbocycles. The predicted molar refractivity (Wildman–Crippen MR) is 199 cm³/mol. The number of fused-ring (bicyclic) bond motifs is 1. The summed E-state index contributed by atoms with van der Waals surface area (Å²) in [5, 5.41) is 5.14. The highest BCUT2D eigenvalue weighted by Gasteiger charge is 2.31. The molecule has 5 rings (SSSR count). The molecule has 9 nitrogen and oxygen atoms in total. The zero-order valence-corrected chi connectivity index (χ0v) is 30.5. The lowest BCUT2D eigenvalue weighted by Gasteiger charge is -2.35. The molecule has 1 atom stereocenters. The summed E-state index contributed by atoms with van der Waals surface area (Å²) in [4.78, 5) is 40.5. The fraction of sp³-hybridized carbons (Fsp3) is 0.447. The topological polar surface area (TPSA) is 82.9 Å². The molecule has 0 saturated carbocycles. The predicted octanol–water partition coefficient (Wildman–Crippen LogP) is 6.23. The maximum atomic E-state index is 14.5. The molecule has 0 radical (unpaired) electrons. The van der Waals surface area contributed by atoms with Crippen LogP contribution in [0.1, 0.15) is 50.5 Å².